The number of carbonyl (C=O) groups excluding carboxylic acids is 1. The average Bonchev–Trinajstić information content (AvgIpc) is 2.66. The van der Waals surface area contributed by atoms with Crippen LogP contribution < -0.4 is 0 Å². The fourth-order valence-corrected chi connectivity index (χ4v) is 3.70. The van der Waals surface area contributed by atoms with Crippen molar-refractivity contribution in [2.24, 2.45) is 0 Å². The van der Waals surface area contributed by atoms with Crippen molar-refractivity contribution in [3.63, 3.8) is 0 Å². The zero-order valence-corrected chi connectivity index (χ0v) is 16.9. The van der Waals surface area contributed by atoms with Crippen LogP contribution in [0.3, 0.4) is 0 Å². The molecule has 0 aliphatic carbocycles. The van der Waals surface area contributed by atoms with E-state index in [0.29, 0.717) is 26.1 Å². The number of amides is 1. The molecule has 0 N–H and O–H groups in total. The first-order chi connectivity index (χ1) is 12.9. The van der Waals surface area contributed by atoms with Gasteiger partial charge in [-0.2, -0.15) is 4.31 Å². The SMILES string of the molecule is CCN(Cc1ccccc1)C(=O)CN(CCCc1ccccc1)S(C)(=O)=O. The monoisotopic (exact) mass is 388 g/mol. The second kappa shape index (κ2) is 10.2. The van der Waals surface area contributed by atoms with E-state index in [9.17, 15) is 13.2 Å². The van der Waals surface area contributed by atoms with Crippen molar-refractivity contribution in [3.8, 4) is 0 Å². The van der Waals surface area contributed by atoms with Gasteiger partial charge in [-0.05, 0) is 30.9 Å². The quantitative estimate of drug-likeness (QED) is 0.629. The zero-order valence-electron chi connectivity index (χ0n) is 16.0. The van der Waals surface area contributed by atoms with Gasteiger partial charge < -0.3 is 4.90 Å². The summed E-state index contributed by atoms with van der Waals surface area (Å²) in [5.74, 6) is -0.175. The van der Waals surface area contributed by atoms with Crippen LogP contribution >= 0.6 is 0 Å². The minimum atomic E-state index is -3.44. The maximum Gasteiger partial charge on any atom is 0.238 e. The number of hydrogen-bond donors (Lipinski definition) is 0. The molecule has 0 atom stereocenters. The molecule has 0 unspecified atom stereocenters. The molecule has 27 heavy (non-hydrogen) atoms. The highest BCUT2D eigenvalue weighted by molar-refractivity contribution is 7.88. The van der Waals surface area contributed by atoms with Gasteiger partial charge in [0.2, 0.25) is 15.9 Å². The maximum absolute atomic E-state index is 12.7. The molecule has 0 aliphatic rings. The second-order valence-electron chi connectivity index (χ2n) is 6.58. The van der Waals surface area contributed by atoms with Crippen LogP contribution in [0, 0.1) is 0 Å². The summed E-state index contributed by atoms with van der Waals surface area (Å²) in [5, 5.41) is 0. The number of likely N-dealkylation sites (N-methyl/N-ethyl adjacent to an activating group) is 1. The van der Waals surface area contributed by atoms with Gasteiger partial charge in [-0.25, -0.2) is 8.42 Å². The Labute approximate surface area is 162 Å². The van der Waals surface area contributed by atoms with Crippen LogP contribution in [0.1, 0.15) is 24.5 Å². The van der Waals surface area contributed by atoms with E-state index in [2.05, 4.69) is 0 Å². The molecule has 1 amide bonds. The predicted molar refractivity (Wildman–Crippen MR) is 109 cm³/mol. The summed E-state index contributed by atoms with van der Waals surface area (Å²) in [6, 6.07) is 19.7. The molecule has 6 heteroatoms. The molecule has 0 fully saturated rings. The lowest BCUT2D eigenvalue weighted by Crippen LogP contribution is -2.42. The van der Waals surface area contributed by atoms with Crippen LogP contribution in [0.2, 0.25) is 0 Å². The van der Waals surface area contributed by atoms with E-state index in [0.717, 1.165) is 23.8 Å². The van der Waals surface area contributed by atoms with E-state index in [1.807, 2.05) is 67.6 Å². The van der Waals surface area contributed by atoms with Crippen molar-refractivity contribution in [1.29, 1.82) is 0 Å². The zero-order chi connectivity index (χ0) is 19.7. The normalized spacial score (nSPS) is 11.5. The minimum Gasteiger partial charge on any atom is -0.338 e. The van der Waals surface area contributed by atoms with Gasteiger partial charge in [-0.1, -0.05) is 60.7 Å². The first-order valence-corrected chi connectivity index (χ1v) is 11.1. The van der Waals surface area contributed by atoms with Crippen molar-refractivity contribution in [2.45, 2.75) is 26.3 Å². The topological polar surface area (TPSA) is 57.7 Å². The van der Waals surface area contributed by atoms with E-state index in [4.69, 9.17) is 0 Å². The molecule has 146 valence electrons. The van der Waals surface area contributed by atoms with E-state index < -0.39 is 10.0 Å². The summed E-state index contributed by atoms with van der Waals surface area (Å²) in [7, 11) is -3.44. The van der Waals surface area contributed by atoms with Gasteiger partial charge in [0.05, 0.1) is 12.8 Å². The third-order valence-electron chi connectivity index (χ3n) is 4.45. The van der Waals surface area contributed by atoms with Gasteiger partial charge in [0, 0.05) is 19.6 Å². The highest BCUT2D eigenvalue weighted by Gasteiger charge is 2.22. The minimum absolute atomic E-state index is 0.117. The summed E-state index contributed by atoms with van der Waals surface area (Å²) in [4.78, 5) is 14.4. The molecule has 0 aliphatic heterocycles. The number of benzene rings is 2. The Morgan fingerprint density at radius 3 is 2.00 bits per heavy atom. The van der Waals surface area contributed by atoms with Gasteiger partial charge in [0.1, 0.15) is 0 Å². The number of hydrogen-bond acceptors (Lipinski definition) is 3. The van der Waals surface area contributed by atoms with Crippen molar-refractivity contribution in [3.05, 3.63) is 71.8 Å². The fourth-order valence-electron chi connectivity index (χ4n) is 2.90. The molecule has 0 saturated carbocycles. The van der Waals surface area contributed by atoms with E-state index >= 15 is 0 Å². The first kappa shape index (κ1) is 21.1. The van der Waals surface area contributed by atoms with Gasteiger partial charge in [0.15, 0.2) is 0 Å². The molecule has 2 rings (SSSR count). The van der Waals surface area contributed by atoms with Crippen LogP contribution in [0.5, 0.6) is 0 Å². The standard InChI is InChI=1S/C21H28N2O3S/c1-3-22(17-20-13-8-5-9-14-20)21(24)18-23(27(2,25)26)16-10-15-19-11-6-4-7-12-19/h4-9,11-14H,3,10,15-18H2,1-2H3. The van der Waals surface area contributed by atoms with Crippen LogP contribution in [0.25, 0.3) is 0 Å². The Morgan fingerprint density at radius 1 is 0.926 bits per heavy atom. The molecule has 0 heterocycles. The van der Waals surface area contributed by atoms with E-state index in [1.165, 1.54) is 4.31 Å². The Hall–Kier alpha value is -2.18. The maximum atomic E-state index is 12.7. The number of carbonyl (C=O) groups is 1. The molecule has 0 radical (unpaired) electrons. The smallest absolute Gasteiger partial charge is 0.238 e. The Kier molecular flexibility index (Phi) is 8.00. The summed E-state index contributed by atoms with van der Waals surface area (Å²) in [6.07, 6.45) is 2.62. The molecular weight excluding hydrogens is 360 g/mol. The first-order valence-electron chi connectivity index (χ1n) is 9.21. The molecule has 0 aromatic heterocycles. The van der Waals surface area contributed by atoms with Gasteiger partial charge in [0.25, 0.3) is 0 Å². The van der Waals surface area contributed by atoms with Crippen molar-refractivity contribution < 1.29 is 13.2 Å². The Balaban J connectivity index is 1.96. The molecular formula is C21H28N2O3S. The summed E-state index contributed by atoms with van der Waals surface area (Å²) >= 11 is 0. The van der Waals surface area contributed by atoms with Crippen LogP contribution in [0.4, 0.5) is 0 Å². The lowest BCUT2D eigenvalue weighted by atomic mass is 10.1. The molecule has 0 bridgehead atoms. The number of nitrogens with zero attached hydrogens (tertiary/aromatic N) is 2. The van der Waals surface area contributed by atoms with Crippen molar-refractivity contribution in [2.75, 3.05) is 25.9 Å². The molecule has 2 aromatic rings. The number of sulfonamides is 1. The lowest BCUT2D eigenvalue weighted by molar-refractivity contribution is -0.131. The highest BCUT2D eigenvalue weighted by atomic mass is 32.2. The van der Waals surface area contributed by atoms with Crippen LogP contribution in [-0.4, -0.2) is 49.4 Å². The average molecular weight is 389 g/mol. The Morgan fingerprint density at radius 2 is 1.48 bits per heavy atom. The second-order valence-corrected chi connectivity index (χ2v) is 8.56. The van der Waals surface area contributed by atoms with Crippen LogP contribution in [-0.2, 0) is 27.8 Å². The Bertz CT molecular complexity index is 808. The van der Waals surface area contributed by atoms with Crippen molar-refractivity contribution >= 4 is 15.9 Å². The van der Waals surface area contributed by atoms with Crippen LogP contribution in [0.15, 0.2) is 60.7 Å². The number of rotatable bonds is 10. The van der Waals surface area contributed by atoms with Gasteiger partial charge >= 0.3 is 0 Å². The molecule has 0 spiro atoms. The molecule has 2 aromatic carbocycles. The number of aryl methyl sites for hydroxylation is 1. The summed E-state index contributed by atoms with van der Waals surface area (Å²) in [6.45, 7) is 3.14. The van der Waals surface area contributed by atoms with Gasteiger partial charge in [-0.3, -0.25) is 4.79 Å². The predicted octanol–water partition coefficient (Wildman–Crippen LogP) is 2.93. The largest absolute Gasteiger partial charge is 0.338 e. The molecule has 5 nitrogen and oxygen atoms in total. The van der Waals surface area contributed by atoms with Crippen molar-refractivity contribution in [1.82, 2.24) is 9.21 Å². The van der Waals surface area contributed by atoms with E-state index in [1.54, 1.807) is 4.90 Å². The lowest BCUT2D eigenvalue weighted by Gasteiger charge is -2.25. The highest BCUT2D eigenvalue weighted by Crippen LogP contribution is 2.09. The summed E-state index contributed by atoms with van der Waals surface area (Å²) < 4.78 is 25.6. The fraction of sp³-hybridized carbons (Fsp3) is 0.381. The van der Waals surface area contributed by atoms with Gasteiger partial charge in [-0.15, -0.1) is 0 Å². The summed E-state index contributed by atoms with van der Waals surface area (Å²) in [5.41, 5.74) is 2.19. The third kappa shape index (κ3) is 7.15. The third-order valence-corrected chi connectivity index (χ3v) is 5.70. The molecule has 0 saturated heterocycles. The van der Waals surface area contributed by atoms with E-state index in [-0.39, 0.29) is 12.5 Å².